The van der Waals surface area contributed by atoms with E-state index < -0.39 is 36.2 Å². The molecule has 0 saturated heterocycles. The predicted molar refractivity (Wildman–Crippen MR) is 141 cm³/mol. The molecule has 0 aliphatic rings. The molecule has 38 heavy (non-hydrogen) atoms. The number of hydrogen-bond acceptors (Lipinski definition) is 10. The summed E-state index contributed by atoms with van der Waals surface area (Å²) in [6, 6.07) is 3.61. The van der Waals surface area contributed by atoms with E-state index in [0.717, 1.165) is 0 Å². The quantitative estimate of drug-likeness (QED) is 0.280. The van der Waals surface area contributed by atoms with Crippen molar-refractivity contribution in [2.45, 2.75) is 86.8 Å². The van der Waals surface area contributed by atoms with Crippen LogP contribution in [0.15, 0.2) is 18.2 Å². The van der Waals surface area contributed by atoms with E-state index >= 15 is 0 Å². The van der Waals surface area contributed by atoms with E-state index in [-0.39, 0.29) is 48.4 Å². The maximum Gasteiger partial charge on any atom is 0.508 e. The molecule has 4 atom stereocenters. The number of esters is 3. The number of benzene rings is 1. The highest BCUT2D eigenvalue weighted by molar-refractivity contribution is 5.79. The molecular weight excluding hydrogens is 494 g/mol. The lowest BCUT2D eigenvalue weighted by Crippen LogP contribution is -2.37. The Bertz CT molecular complexity index is 954. The first-order chi connectivity index (χ1) is 17.7. The van der Waals surface area contributed by atoms with E-state index in [9.17, 15) is 19.2 Å². The van der Waals surface area contributed by atoms with E-state index in [1.165, 1.54) is 12.1 Å². The molecule has 0 aliphatic heterocycles. The van der Waals surface area contributed by atoms with Gasteiger partial charge in [0.1, 0.15) is 18.8 Å². The van der Waals surface area contributed by atoms with Gasteiger partial charge in [0.05, 0.1) is 18.4 Å². The van der Waals surface area contributed by atoms with E-state index in [1.54, 1.807) is 26.8 Å². The Morgan fingerprint density at radius 3 is 1.92 bits per heavy atom. The Balaban J connectivity index is 2.83. The van der Waals surface area contributed by atoms with Crippen LogP contribution in [0.2, 0.25) is 0 Å². The van der Waals surface area contributed by atoms with Gasteiger partial charge in [-0.1, -0.05) is 54.5 Å². The summed E-state index contributed by atoms with van der Waals surface area (Å²) in [6.45, 7) is 14.5. The van der Waals surface area contributed by atoms with Crippen LogP contribution < -0.4 is 15.2 Å². The van der Waals surface area contributed by atoms with Crippen LogP contribution in [0.1, 0.15) is 73.8 Å². The predicted octanol–water partition coefficient (Wildman–Crippen LogP) is 4.59. The van der Waals surface area contributed by atoms with Gasteiger partial charge in [-0.3, -0.25) is 14.4 Å². The SMILES string of the molecule is CCC(C)C(=O)Oc1ccc(C[C@H](N)C(=O)O[C@@H](C)COC(=O)OCC(C)(C)C)cc1OC(=O)C(C)CC. The lowest BCUT2D eigenvalue weighted by atomic mass is 9.99. The van der Waals surface area contributed by atoms with Gasteiger partial charge in [-0.2, -0.15) is 0 Å². The molecule has 1 aromatic carbocycles. The topological polar surface area (TPSA) is 140 Å². The molecular formula is C28H43NO9. The fraction of sp³-hybridized carbons (Fsp3) is 0.643. The number of nitrogens with two attached hydrogens (primary N) is 1. The van der Waals surface area contributed by atoms with Gasteiger partial charge in [0.25, 0.3) is 0 Å². The summed E-state index contributed by atoms with van der Waals surface area (Å²) >= 11 is 0. The number of hydrogen-bond donors (Lipinski definition) is 1. The summed E-state index contributed by atoms with van der Waals surface area (Å²) in [7, 11) is 0. The molecule has 2 N–H and O–H groups in total. The lowest BCUT2D eigenvalue weighted by molar-refractivity contribution is -0.152. The molecule has 10 nitrogen and oxygen atoms in total. The van der Waals surface area contributed by atoms with Gasteiger partial charge in [-0.05, 0) is 49.3 Å². The van der Waals surface area contributed by atoms with Crippen LogP contribution in [0.3, 0.4) is 0 Å². The van der Waals surface area contributed by atoms with Crippen molar-refractivity contribution in [3.05, 3.63) is 23.8 Å². The summed E-state index contributed by atoms with van der Waals surface area (Å²) in [5, 5.41) is 0. The smallest absolute Gasteiger partial charge is 0.458 e. The van der Waals surface area contributed by atoms with E-state index in [1.807, 2.05) is 34.6 Å². The van der Waals surface area contributed by atoms with Crippen LogP contribution in [0.5, 0.6) is 11.5 Å². The van der Waals surface area contributed by atoms with E-state index in [2.05, 4.69) is 0 Å². The monoisotopic (exact) mass is 537 g/mol. The van der Waals surface area contributed by atoms with Crippen molar-refractivity contribution in [2.24, 2.45) is 23.0 Å². The third kappa shape index (κ3) is 11.9. The molecule has 0 saturated carbocycles. The maximum absolute atomic E-state index is 12.5. The van der Waals surface area contributed by atoms with Crippen molar-refractivity contribution < 1.29 is 42.9 Å². The zero-order valence-corrected chi connectivity index (χ0v) is 23.8. The van der Waals surface area contributed by atoms with Gasteiger partial charge < -0.3 is 29.4 Å². The standard InChI is InChI=1S/C28H43NO9/c1-9-17(3)24(30)37-22-12-11-20(14-23(22)38-25(31)18(4)10-2)13-21(29)26(32)36-19(5)15-34-27(33)35-16-28(6,7)8/h11-12,14,17-19,21H,9-10,13,15-16,29H2,1-8H3/t17?,18?,19-,21-/m0/s1. The van der Waals surface area contributed by atoms with Crippen LogP contribution in [0.4, 0.5) is 4.79 Å². The second kappa shape index (κ2) is 15.3. The van der Waals surface area contributed by atoms with Crippen LogP contribution in [0, 0.1) is 17.3 Å². The van der Waals surface area contributed by atoms with Gasteiger partial charge in [0.15, 0.2) is 11.5 Å². The summed E-state index contributed by atoms with van der Waals surface area (Å²) in [5.41, 5.74) is 6.41. The highest BCUT2D eigenvalue weighted by Crippen LogP contribution is 2.31. The number of carbonyl (C=O) groups is 4. The molecule has 0 amide bonds. The second-order valence-corrected chi connectivity index (χ2v) is 10.7. The normalized spacial score (nSPS) is 14.4. The van der Waals surface area contributed by atoms with Crippen molar-refractivity contribution in [3.63, 3.8) is 0 Å². The van der Waals surface area contributed by atoms with Gasteiger partial charge in [-0.15, -0.1) is 0 Å². The molecule has 0 heterocycles. The Hall–Kier alpha value is -3.14. The summed E-state index contributed by atoms with van der Waals surface area (Å²) in [6.07, 6.45) is -0.357. The molecule has 1 aromatic rings. The third-order valence-electron chi connectivity index (χ3n) is 5.59. The second-order valence-electron chi connectivity index (χ2n) is 10.7. The minimum absolute atomic E-state index is 0.0630. The molecule has 0 bridgehead atoms. The van der Waals surface area contributed by atoms with Crippen molar-refractivity contribution in [1.82, 2.24) is 0 Å². The Kier molecular flexibility index (Phi) is 13.3. The van der Waals surface area contributed by atoms with Gasteiger partial charge >= 0.3 is 24.1 Å². The first-order valence-corrected chi connectivity index (χ1v) is 13.0. The van der Waals surface area contributed by atoms with Gasteiger partial charge in [0.2, 0.25) is 0 Å². The number of carbonyl (C=O) groups excluding carboxylic acids is 4. The van der Waals surface area contributed by atoms with Crippen LogP contribution in [-0.4, -0.2) is 49.4 Å². The summed E-state index contributed by atoms with van der Waals surface area (Å²) < 4.78 is 26.3. The number of rotatable bonds is 13. The Morgan fingerprint density at radius 1 is 0.842 bits per heavy atom. The molecule has 0 spiro atoms. The zero-order valence-electron chi connectivity index (χ0n) is 23.8. The van der Waals surface area contributed by atoms with E-state index in [0.29, 0.717) is 18.4 Å². The Morgan fingerprint density at radius 2 is 1.39 bits per heavy atom. The minimum atomic E-state index is -1.04. The van der Waals surface area contributed by atoms with Crippen LogP contribution in [-0.2, 0) is 35.0 Å². The van der Waals surface area contributed by atoms with Crippen molar-refractivity contribution in [2.75, 3.05) is 13.2 Å². The first kappa shape index (κ1) is 32.9. The van der Waals surface area contributed by atoms with Gasteiger partial charge in [-0.25, -0.2) is 4.79 Å². The molecule has 0 aliphatic carbocycles. The van der Waals surface area contributed by atoms with Gasteiger partial charge in [0, 0.05) is 0 Å². The van der Waals surface area contributed by atoms with Crippen LogP contribution in [0.25, 0.3) is 0 Å². The largest absolute Gasteiger partial charge is 0.508 e. The average Bonchev–Trinajstić information content (AvgIpc) is 2.85. The number of ether oxygens (including phenoxy) is 5. The first-order valence-electron chi connectivity index (χ1n) is 13.0. The fourth-order valence-corrected chi connectivity index (χ4v) is 2.75. The van der Waals surface area contributed by atoms with Crippen molar-refractivity contribution >= 4 is 24.1 Å². The lowest BCUT2D eigenvalue weighted by Gasteiger charge is -2.19. The highest BCUT2D eigenvalue weighted by Gasteiger charge is 2.23. The average molecular weight is 538 g/mol. The zero-order chi connectivity index (χ0) is 29.0. The van der Waals surface area contributed by atoms with Crippen LogP contribution >= 0.6 is 0 Å². The maximum atomic E-state index is 12.5. The molecule has 0 aromatic heterocycles. The van der Waals surface area contributed by atoms with Crippen molar-refractivity contribution in [1.29, 1.82) is 0 Å². The summed E-state index contributed by atoms with van der Waals surface area (Å²) in [4.78, 5) is 48.9. The highest BCUT2D eigenvalue weighted by atomic mass is 16.7. The molecule has 1 rings (SSSR count). The van der Waals surface area contributed by atoms with Crippen molar-refractivity contribution in [3.8, 4) is 11.5 Å². The summed E-state index contributed by atoms with van der Waals surface area (Å²) in [5.74, 6) is -2.12. The molecule has 0 radical (unpaired) electrons. The molecule has 0 fully saturated rings. The molecule has 2 unspecified atom stereocenters. The van der Waals surface area contributed by atoms with E-state index in [4.69, 9.17) is 29.4 Å². The minimum Gasteiger partial charge on any atom is -0.458 e. The Labute approximate surface area is 225 Å². The fourth-order valence-electron chi connectivity index (χ4n) is 2.75. The molecule has 10 heteroatoms. The molecule has 214 valence electrons. The third-order valence-corrected chi connectivity index (χ3v) is 5.59.